The standard InChI is InChI=1S/C22H25N3O4/c1-22(2,3)29-21(27)25-11-9-16(10-12-25)20-23-13-17(14-24-20)19(26)15-5-7-18(28-4)8-6-15/h5-9,13-14H,10-12H2,1-4H3. The van der Waals surface area contributed by atoms with Gasteiger partial charge in [0.05, 0.1) is 12.7 Å². The first-order valence-electron chi connectivity index (χ1n) is 9.45. The van der Waals surface area contributed by atoms with E-state index in [1.165, 1.54) is 12.4 Å². The van der Waals surface area contributed by atoms with E-state index in [0.717, 1.165) is 5.57 Å². The number of methoxy groups -OCH3 is 1. The fourth-order valence-corrected chi connectivity index (χ4v) is 2.88. The number of ketones is 1. The maximum Gasteiger partial charge on any atom is 0.410 e. The number of ether oxygens (including phenoxy) is 2. The van der Waals surface area contributed by atoms with E-state index in [2.05, 4.69) is 9.97 Å². The zero-order valence-electron chi connectivity index (χ0n) is 17.1. The van der Waals surface area contributed by atoms with Gasteiger partial charge in [-0.25, -0.2) is 14.8 Å². The SMILES string of the molecule is COc1ccc(C(=O)c2cnc(C3=CCN(C(=O)OC(C)(C)C)CC3)nc2)cc1. The highest BCUT2D eigenvalue weighted by atomic mass is 16.6. The van der Waals surface area contributed by atoms with Gasteiger partial charge in [0.25, 0.3) is 0 Å². The van der Waals surface area contributed by atoms with Gasteiger partial charge in [0, 0.05) is 31.0 Å². The highest BCUT2D eigenvalue weighted by Crippen LogP contribution is 2.21. The van der Waals surface area contributed by atoms with E-state index in [1.54, 1.807) is 36.3 Å². The second-order valence-electron chi connectivity index (χ2n) is 7.76. The molecule has 7 nitrogen and oxygen atoms in total. The van der Waals surface area contributed by atoms with Gasteiger partial charge in [-0.1, -0.05) is 6.08 Å². The van der Waals surface area contributed by atoms with Gasteiger partial charge in [-0.15, -0.1) is 0 Å². The molecule has 2 aromatic rings. The molecule has 152 valence electrons. The summed E-state index contributed by atoms with van der Waals surface area (Å²) < 4.78 is 10.5. The van der Waals surface area contributed by atoms with Crippen LogP contribution in [0, 0.1) is 0 Å². The van der Waals surface area contributed by atoms with Crippen molar-refractivity contribution in [3.8, 4) is 5.75 Å². The van der Waals surface area contributed by atoms with Gasteiger partial charge in [0.2, 0.25) is 0 Å². The molecular formula is C22H25N3O4. The molecule has 1 amide bonds. The van der Waals surface area contributed by atoms with Crippen LogP contribution in [0.4, 0.5) is 4.79 Å². The van der Waals surface area contributed by atoms with Crippen molar-refractivity contribution in [1.82, 2.24) is 14.9 Å². The largest absolute Gasteiger partial charge is 0.497 e. The van der Waals surface area contributed by atoms with E-state index < -0.39 is 5.60 Å². The van der Waals surface area contributed by atoms with E-state index in [1.807, 2.05) is 26.8 Å². The van der Waals surface area contributed by atoms with E-state index in [9.17, 15) is 9.59 Å². The summed E-state index contributed by atoms with van der Waals surface area (Å²) in [7, 11) is 1.58. The Kier molecular flexibility index (Phi) is 5.96. The minimum Gasteiger partial charge on any atom is -0.497 e. The van der Waals surface area contributed by atoms with Gasteiger partial charge < -0.3 is 14.4 Å². The molecule has 0 unspecified atom stereocenters. The van der Waals surface area contributed by atoms with Gasteiger partial charge >= 0.3 is 6.09 Å². The Morgan fingerprint density at radius 2 is 1.69 bits per heavy atom. The maximum absolute atomic E-state index is 12.6. The van der Waals surface area contributed by atoms with Crippen LogP contribution in [0.3, 0.4) is 0 Å². The predicted molar refractivity (Wildman–Crippen MR) is 109 cm³/mol. The fraction of sp³-hybridized carbons (Fsp3) is 0.364. The molecule has 0 saturated heterocycles. The first-order chi connectivity index (χ1) is 13.8. The van der Waals surface area contributed by atoms with Crippen LogP contribution in [0.5, 0.6) is 5.75 Å². The van der Waals surface area contributed by atoms with E-state index >= 15 is 0 Å². The summed E-state index contributed by atoms with van der Waals surface area (Å²) >= 11 is 0. The summed E-state index contributed by atoms with van der Waals surface area (Å²) in [6.45, 7) is 6.52. The van der Waals surface area contributed by atoms with E-state index in [-0.39, 0.29) is 11.9 Å². The van der Waals surface area contributed by atoms with Crippen LogP contribution in [0.15, 0.2) is 42.7 Å². The van der Waals surface area contributed by atoms with Crippen LogP contribution < -0.4 is 4.74 Å². The number of carbonyl (C=O) groups is 2. The van der Waals surface area contributed by atoms with Crippen LogP contribution >= 0.6 is 0 Å². The van der Waals surface area contributed by atoms with Crippen molar-refractivity contribution in [2.75, 3.05) is 20.2 Å². The van der Waals surface area contributed by atoms with Crippen molar-refractivity contribution in [2.24, 2.45) is 0 Å². The quantitative estimate of drug-likeness (QED) is 0.734. The van der Waals surface area contributed by atoms with Crippen molar-refractivity contribution >= 4 is 17.4 Å². The third-order valence-corrected chi connectivity index (χ3v) is 4.41. The summed E-state index contributed by atoms with van der Waals surface area (Å²) in [5, 5.41) is 0. The van der Waals surface area contributed by atoms with Gasteiger partial charge in [-0.2, -0.15) is 0 Å². The average Bonchev–Trinajstić information content (AvgIpc) is 2.72. The lowest BCUT2D eigenvalue weighted by Gasteiger charge is -2.29. The number of hydrogen-bond acceptors (Lipinski definition) is 6. The molecule has 0 bridgehead atoms. The summed E-state index contributed by atoms with van der Waals surface area (Å²) in [5.74, 6) is 1.12. The Labute approximate surface area is 170 Å². The first kappa shape index (κ1) is 20.5. The lowest BCUT2D eigenvalue weighted by Crippen LogP contribution is -2.39. The molecule has 0 aliphatic carbocycles. The molecular weight excluding hydrogens is 370 g/mol. The molecule has 1 aromatic heterocycles. The summed E-state index contributed by atoms with van der Waals surface area (Å²) in [6.07, 6.45) is 5.30. The number of hydrogen-bond donors (Lipinski definition) is 0. The Morgan fingerprint density at radius 3 is 2.21 bits per heavy atom. The first-order valence-corrected chi connectivity index (χ1v) is 9.45. The minimum absolute atomic E-state index is 0.145. The molecule has 1 aliphatic rings. The molecule has 0 radical (unpaired) electrons. The number of aromatic nitrogens is 2. The van der Waals surface area contributed by atoms with Crippen LogP contribution in [-0.4, -0.2) is 52.5 Å². The zero-order valence-corrected chi connectivity index (χ0v) is 17.1. The van der Waals surface area contributed by atoms with E-state index in [0.29, 0.717) is 42.2 Å². The van der Waals surface area contributed by atoms with Crippen molar-refractivity contribution in [1.29, 1.82) is 0 Å². The summed E-state index contributed by atoms with van der Waals surface area (Å²) in [5.41, 5.74) is 1.40. The van der Waals surface area contributed by atoms with Crippen molar-refractivity contribution in [3.05, 3.63) is 59.7 Å². The number of rotatable bonds is 4. The Bertz CT molecular complexity index is 913. The molecule has 1 aliphatic heterocycles. The maximum atomic E-state index is 12.6. The summed E-state index contributed by atoms with van der Waals surface area (Å²) in [4.78, 5) is 35.1. The van der Waals surface area contributed by atoms with E-state index in [4.69, 9.17) is 9.47 Å². The second kappa shape index (κ2) is 8.43. The molecule has 2 heterocycles. The highest BCUT2D eigenvalue weighted by molar-refractivity contribution is 6.08. The predicted octanol–water partition coefficient (Wildman–Crippen LogP) is 3.74. The molecule has 29 heavy (non-hydrogen) atoms. The molecule has 0 saturated carbocycles. The normalized spacial score (nSPS) is 14.2. The molecule has 1 aromatic carbocycles. The van der Waals surface area contributed by atoms with Crippen molar-refractivity contribution < 1.29 is 19.1 Å². The van der Waals surface area contributed by atoms with Crippen LogP contribution in [0.25, 0.3) is 5.57 Å². The lowest BCUT2D eigenvalue weighted by molar-refractivity contribution is 0.0270. The topological polar surface area (TPSA) is 81.6 Å². The van der Waals surface area contributed by atoms with Gasteiger partial charge in [0.15, 0.2) is 11.6 Å². The van der Waals surface area contributed by atoms with Crippen LogP contribution in [0.1, 0.15) is 48.9 Å². The molecule has 0 atom stereocenters. The number of nitrogens with zero attached hydrogens (tertiary/aromatic N) is 3. The Balaban J connectivity index is 1.66. The molecule has 3 rings (SSSR count). The third-order valence-electron chi connectivity index (χ3n) is 4.41. The van der Waals surface area contributed by atoms with Crippen LogP contribution in [-0.2, 0) is 4.74 Å². The molecule has 0 fully saturated rings. The number of benzene rings is 1. The third kappa shape index (κ3) is 5.19. The minimum atomic E-state index is -0.517. The van der Waals surface area contributed by atoms with Crippen molar-refractivity contribution in [3.63, 3.8) is 0 Å². The molecule has 0 N–H and O–H groups in total. The highest BCUT2D eigenvalue weighted by Gasteiger charge is 2.24. The van der Waals surface area contributed by atoms with Gasteiger partial charge in [-0.05, 0) is 57.0 Å². The second-order valence-corrected chi connectivity index (χ2v) is 7.76. The summed E-state index contributed by atoms with van der Waals surface area (Å²) in [6, 6.07) is 6.91. The molecule has 7 heteroatoms. The lowest BCUT2D eigenvalue weighted by atomic mass is 10.1. The van der Waals surface area contributed by atoms with Crippen molar-refractivity contribution in [2.45, 2.75) is 32.8 Å². The monoisotopic (exact) mass is 395 g/mol. The van der Waals surface area contributed by atoms with Crippen LogP contribution in [0.2, 0.25) is 0 Å². The Morgan fingerprint density at radius 1 is 1.03 bits per heavy atom. The number of carbonyl (C=O) groups excluding carboxylic acids is 2. The average molecular weight is 395 g/mol. The smallest absolute Gasteiger partial charge is 0.410 e. The molecule has 0 spiro atoms. The number of amides is 1. The zero-order chi connectivity index (χ0) is 21.0. The van der Waals surface area contributed by atoms with Gasteiger partial charge in [0.1, 0.15) is 11.4 Å². The van der Waals surface area contributed by atoms with Gasteiger partial charge in [-0.3, -0.25) is 4.79 Å². The Hall–Kier alpha value is -3.22. The fourth-order valence-electron chi connectivity index (χ4n) is 2.88.